The van der Waals surface area contributed by atoms with Crippen LogP contribution in [0.15, 0.2) is 6.20 Å². The fourth-order valence-corrected chi connectivity index (χ4v) is 3.61. The first-order valence-electron chi connectivity index (χ1n) is 8.39. The van der Waals surface area contributed by atoms with Gasteiger partial charge in [0.2, 0.25) is 0 Å². The lowest BCUT2D eigenvalue weighted by molar-refractivity contribution is -0.142. The van der Waals surface area contributed by atoms with Gasteiger partial charge in [0.05, 0.1) is 5.92 Å². The van der Waals surface area contributed by atoms with Crippen LogP contribution in [0.2, 0.25) is 0 Å². The summed E-state index contributed by atoms with van der Waals surface area (Å²) >= 11 is 0. The predicted octanol–water partition coefficient (Wildman–Crippen LogP) is 1.25. The SMILES string of the molecule is O=C(O)[C@H]1CNCCN(Cc2cnc(CC3CCCC3)[nH]2)C1. The maximum absolute atomic E-state index is 11.2. The van der Waals surface area contributed by atoms with Gasteiger partial charge in [0.15, 0.2) is 0 Å². The number of hydrogen-bond acceptors (Lipinski definition) is 4. The van der Waals surface area contributed by atoms with Crippen LogP contribution < -0.4 is 5.32 Å². The van der Waals surface area contributed by atoms with Gasteiger partial charge in [-0.05, 0) is 5.92 Å². The van der Waals surface area contributed by atoms with E-state index in [1.54, 1.807) is 0 Å². The fourth-order valence-electron chi connectivity index (χ4n) is 3.61. The zero-order valence-corrected chi connectivity index (χ0v) is 13.1. The van der Waals surface area contributed by atoms with Crippen LogP contribution in [-0.2, 0) is 17.8 Å². The molecule has 1 saturated heterocycles. The lowest BCUT2D eigenvalue weighted by Crippen LogP contribution is -2.33. The van der Waals surface area contributed by atoms with Crippen molar-refractivity contribution in [3.63, 3.8) is 0 Å². The van der Waals surface area contributed by atoms with Crippen molar-refractivity contribution in [1.82, 2.24) is 20.2 Å². The van der Waals surface area contributed by atoms with E-state index in [4.69, 9.17) is 0 Å². The van der Waals surface area contributed by atoms with Crippen LogP contribution in [0.1, 0.15) is 37.2 Å². The molecule has 22 heavy (non-hydrogen) atoms. The molecule has 6 nitrogen and oxygen atoms in total. The van der Waals surface area contributed by atoms with Gasteiger partial charge in [-0.2, -0.15) is 0 Å². The Morgan fingerprint density at radius 1 is 1.41 bits per heavy atom. The molecule has 1 aliphatic heterocycles. The summed E-state index contributed by atoms with van der Waals surface area (Å²) in [5.74, 6) is 0.830. The van der Waals surface area contributed by atoms with Gasteiger partial charge in [0.25, 0.3) is 0 Å². The molecule has 3 N–H and O–H groups in total. The summed E-state index contributed by atoms with van der Waals surface area (Å²) in [4.78, 5) is 21.4. The monoisotopic (exact) mass is 306 g/mol. The summed E-state index contributed by atoms with van der Waals surface area (Å²) < 4.78 is 0. The molecule has 6 heteroatoms. The molecule has 0 spiro atoms. The second kappa shape index (κ2) is 7.24. The molecule has 2 heterocycles. The van der Waals surface area contributed by atoms with E-state index in [-0.39, 0.29) is 5.92 Å². The average Bonchev–Trinajstić information content (AvgIpc) is 3.08. The number of hydrogen-bond donors (Lipinski definition) is 3. The van der Waals surface area contributed by atoms with Crippen molar-refractivity contribution in [2.75, 3.05) is 26.2 Å². The Bertz CT molecular complexity index is 496. The maximum Gasteiger partial charge on any atom is 0.309 e. The molecule has 1 aliphatic carbocycles. The van der Waals surface area contributed by atoms with Gasteiger partial charge in [-0.3, -0.25) is 9.69 Å². The van der Waals surface area contributed by atoms with E-state index in [1.807, 2.05) is 6.20 Å². The molecular formula is C16H26N4O2. The number of carboxylic acids is 1. The van der Waals surface area contributed by atoms with Gasteiger partial charge in [0.1, 0.15) is 5.82 Å². The van der Waals surface area contributed by atoms with Gasteiger partial charge >= 0.3 is 5.97 Å². The summed E-state index contributed by atoms with van der Waals surface area (Å²) in [6, 6.07) is 0. The minimum atomic E-state index is -0.717. The van der Waals surface area contributed by atoms with E-state index >= 15 is 0 Å². The van der Waals surface area contributed by atoms with Crippen molar-refractivity contribution in [2.45, 2.75) is 38.6 Å². The molecule has 0 aromatic carbocycles. The number of rotatable bonds is 5. The fraction of sp³-hybridized carbons (Fsp3) is 0.750. The molecule has 0 unspecified atom stereocenters. The smallest absolute Gasteiger partial charge is 0.309 e. The van der Waals surface area contributed by atoms with Crippen LogP contribution in [0.4, 0.5) is 0 Å². The summed E-state index contributed by atoms with van der Waals surface area (Å²) in [6.07, 6.45) is 8.34. The van der Waals surface area contributed by atoms with Crippen LogP contribution in [0.5, 0.6) is 0 Å². The summed E-state index contributed by atoms with van der Waals surface area (Å²) in [5, 5.41) is 12.4. The van der Waals surface area contributed by atoms with E-state index in [0.29, 0.717) is 13.1 Å². The highest BCUT2D eigenvalue weighted by Gasteiger charge is 2.24. The normalized spacial score (nSPS) is 24.5. The highest BCUT2D eigenvalue weighted by Crippen LogP contribution is 2.27. The molecule has 0 radical (unpaired) electrons. The summed E-state index contributed by atoms with van der Waals surface area (Å²) in [6.45, 7) is 3.62. The van der Waals surface area contributed by atoms with E-state index in [0.717, 1.165) is 43.5 Å². The number of carbonyl (C=O) groups is 1. The Balaban J connectivity index is 1.55. The molecule has 1 aromatic heterocycles. The minimum Gasteiger partial charge on any atom is -0.481 e. The Hall–Kier alpha value is -1.40. The number of carboxylic acid groups (broad SMARTS) is 1. The Morgan fingerprint density at radius 3 is 3.00 bits per heavy atom. The lowest BCUT2D eigenvalue weighted by atomic mass is 10.0. The van der Waals surface area contributed by atoms with E-state index in [9.17, 15) is 9.90 Å². The molecule has 2 fully saturated rings. The molecule has 1 aromatic rings. The van der Waals surface area contributed by atoms with Gasteiger partial charge in [-0.1, -0.05) is 25.7 Å². The molecule has 0 amide bonds. The first-order valence-corrected chi connectivity index (χ1v) is 8.39. The second-order valence-corrected chi connectivity index (χ2v) is 6.68. The minimum absolute atomic E-state index is 0.330. The third-order valence-electron chi connectivity index (χ3n) is 4.86. The molecular weight excluding hydrogens is 280 g/mol. The molecule has 122 valence electrons. The summed E-state index contributed by atoms with van der Waals surface area (Å²) in [7, 11) is 0. The van der Waals surface area contributed by atoms with Crippen LogP contribution in [0, 0.1) is 11.8 Å². The van der Waals surface area contributed by atoms with Crippen LogP contribution in [-0.4, -0.2) is 52.1 Å². The first kappa shape index (κ1) is 15.5. The van der Waals surface area contributed by atoms with Crippen molar-refractivity contribution in [1.29, 1.82) is 0 Å². The largest absolute Gasteiger partial charge is 0.481 e. The molecule has 2 aliphatic rings. The van der Waals surface area contributed by atoms with E-state index in [2.05, 4.69) is 20.2 Å². The molecule has 0 bridgehead atoms. The number of nitrogens with zero attached hydrogens (tertiary/aromatic N) is 2. The number of aromatic nitrogens is 2. The zero-order valence-electron chi connectivity index (χ0n) is 13.1. The van der Waals surface area contributed by atoms with Crippen LogP contribution >= 0.6 is 0 Å². The van der Waals surface area contributed by atoms with E-state index in [1.165, 1.54) is 25.7 Å². The first-order chi connectivity index (χ1) is 10.7. The third-order valence-corrected chi connectivity index (χ3v) is 4.86. The Labute approximate surface area is 131 Å². The predicted molar refractivity (Wildman–Crippen MR) is 83.5 cm³/mol. The maximum atomic E-state index is 11.2. The second-order valence-electron chi connectivity index (χ2n) is 6.68. The van der Waals surface area contributed by atoms with Crippen molar-refractivity contribution in [2.24, 2.45) is 11.8 Å². The standard InChI is InChI=1S/C16H26N4O2/c21-16(22)13-8-17-5-6-20(10-13)11-14-9-18-15(19-14)7-12-3-1-2-4-12/h9,12-13,17H,1-8,10-11H2,(H,18,19)(H,21,22)/t13-/m0/s1. The zero-order chi connectivity index (χ0) is 15.4. The Kier molecular flexibility index (Phi) is 5.10. The highest BCUT2D eigenvalue weighted by atomic mass is 16.4. The number of aromatic amines is 1. The van der Waals surface area contributed by atoms with Crippen molar-refractivity contribution < 1.29 is 9.90 Å². The number of H-pyrrole nitrogens is 1. The van der Waals surface area contributed by atoms with Gasteiger partial charge in [-0.15, -0.1) is 0 Å². The van der Waals surface area contributed by atoms with Gasteiger partial charge in [-0.25, -0.2) is 4.98 Å². The topological polar surface area (TPSA) is 81.2 Å². The number of aliphatic carboxylic acids is 1. The molecule has 1 saturated carbocycles. The van der Waals surface area contributed by atoms with Crippen molar-refractivity contribution in [3.8, 4) is 0 Å². The lowest BCUT2D eigenvalue weighted by Gasteiger charge is -2.20. The van der Waals surface area contributed by atoms with Gasteiger partial charge < -0.3 is 15.4 Å². The molecule has 3 rings (SSSR count). The van der Waals surface area contributed by atoms with Crippen LogP contribution in [0.3, 0.4) is 0 Å². The number of nitrogens with one attached hydrogen (secondary N) is 2. The van der Waals surface area contributed by atoms with Crippen molar-refractivity contribution >= 4 is 5.97 Å². The summed E-state index contributed by atoms with van der Waals surface area (Å²) in [5.41, 5.74) is 1.10. The highest BCUT2D eigenvalue weighted by molar-refractivity contribution is 5.70. The quantitative estimate of drug-likeness (QED) is 0.763. The third kappa shape index (κ3) is 4.08. The Morgan fingerprint density at radius 2 is 2.23 bits per heavy atom. The average molecular weight is 306 g/mol. The van der Waals surface area contributed by atoms with Crippen molar-refractivity contribution in [3.05, 3.63) is 17.7 Å². The molecule has 1 atom stereocenters. The van der Waals surface area contributed by atoms with Crippen LogP contribution in [0.25, 0.3) is 0 Å². The van der Waals surface area contributed by atoms with Gasteiger partial charge in [0, 0.05) is 51.0 Å². The van der Waals surface area contributed by atoms with E-state index < -0.39 is 5.97 Å². The number of imidazole rings is 1.